The Labute approximate surface area is 147 Å². The van der Waals surface area contributed by atoms with Gasteiger partial charge >= 0.3 is 0 Å². The number of hydrogen-bond donors (Lipinski definition) is 0. The van der Waals surface area contributed by atoms with Gasteiger partial charge in [-0.1, -0.05) is 55.5 Å². The summed E-state index contributed by atoms with van der Waals surface area (Å²) in [5.41, 5.74) is 2.13. The Balaban J connectivity index is 2.16. The molecule has 1 unspecified atom stereocenters. The van der Waals surface area contributed by atoms with E-state index in [0.29, 0.717) is 0 Å². The molecule has 3 rings (SSSR count). The minimum absolute atomic E-state index is 0.264. The van der Waals surface area contributed by atoms with Crippen molar-refractivity contribution in [1.82, 2.24) is 0 Å². The Kier molecular flexibility index (Phi) is 4.40. The fraction of sp³-hybridized carbons (Fsp3) is 0.222. The maximum Gasteiger partial charge on any atom is 0.288 e. The Morgan fingerprint density at radius 3 is 2.21 bits per heavy atom. The quantitative estimate of drug-likeness (QED) is 0.725. The topological polar surface area (TPSA) is 46.5 Å². The summed E-state index contributed by atoms with van der Waals surface area (Å²) in [7, 11) is -6.08. The number of aryl methyl sites for hydroxylation is 1. The van der Waals surface area contributed by atoms with Gasteiger partial charge in [0.15, 0.2) is 0 Å². The van der Waals surface area contributed by atoms with E-state index < -0.39 is 28.8 Å². The van der Waals surface area contributed by atoms with Gasteiger partial charge in [0.05, 0.1) is 13.0 Å². The Hall–Kier alpha value is -1.50. The van der Waals surface area contributed by atoms with Crippen LogP contribution in [0.25, 0.3) is 6.08 Å². The van der Waals surface area contributed by atoms with Gasteiger partial charge in [0.2, 0.25) is 0 Å². The van der Waals surface area contributed by atoms with Crippen molar-refractivity contribution in [2.75, 3.05) is 0 Å². The molecule has 0 amide bonds. The molecule has 126 valence electrons. The molecule has 3 nitrogen and oxygen atoms in total. The highest BCUT2D eigenvalue weighted by Crippen LogP contribution is 2.37. The first-order valence-corrected chi connectivity index (χ1v) is 13.9. The maximum absolute atomic E-state index is 12.8. The van der Waals surface area contributed by atoms with E-state index in [4.69, 9.17) is 0 Å². The van der Waals surface area contributed by atoms with Gasteiger partial charge in [-0.3, -0.25) is 0 Å². The molecule has 0 saturated heterocycles. The molecule has 2 aromatic rings. The van der Waals surface area contributed by atoms with E-state index in [1.807, 2.05) is 43.3 Å². The first-order valence-electron chi connectivity index (χ1n) is 7.79. The second kappa shape index (κ2) is 6.09. The van der Waals surface area contributed by atoms with Gasteiger partial charge in [-0.15, -0.1) is 3.77 Å². The molecular formula is C18H21NO2S2Si. The lowest BCUT2D eigenvalue weighted by atomic mass is 10.2. The summed E-state index contributed by atoms with van der Waals surface area (Å²) in [5, 5.41) is 0. The second-order valence-electron chi connectivity index (χ2n) is 6.94. The van der Waals surface area contributed by atoms with Crippen LogP contribution in [0.2, 0.25) is 19.6 Å². The van der Waals surface area contributed by atoms with Crippen molar-refractivity contribution in [3.63, 3.8) is 0 Å². The normalized spacial score (nSPS) is 17.7. The third kappa shape index (κ3) is 3.31. The first kappa shape index (κ1) is 17.3. The van der Waals surface area contributed by atoms with Crippen LogP contribution >= 0.6 is 0 Å². The van der Waals surface area contributed by atoms with E-state index in [-0.39, 0.29) is 4.90 Å². The SMILES string of the molecule is Cc1ccc(S(=O)(=O)/N=S2/C([Si](C)(C)C)=Cc3ccccc32)cc1. The average molecular weight is 376 g/mol. The van der Waals surface area contributed by atoms with Gasteiger partial charge in [-0.2, -0.15) is 8.42 Å². The van der Waals surface area contributed by atoms with Crippen molar-refractivity contribution in [3.05, 3.63) is 64.2 Å². The highest BCUT2D eigenvalue weighted by atomic mass is 32.3. The lowest BCUT2D eigenvalue weighted by molar-refractivity contribution is 0.598. The van der Waals surface area contributed by atoms with Crippen LogP contribution < -0.4 is 0 Å². The van der Waals surface area contributed by atoms with Crippen molar-refractivity contribution in [2.24, 2.45) is 3.77 Å². The first-order chi connectivity index (χ1) is 11.2. The van der Waals surface area contributed by atoms with Crippen LogP contribution in [0, 0.1) is 6.92 Å². The van der Waals surface area contributed by atoms with E-state index in [1.165, 1.54) is 4.53 Å². The predicted octanol–water partition coefficient (Wildman–Crippen LogP) is 4.78. The van der Waals surface area contributed by atoms with E-state index >= 15 is 0 Å². The number of hydrogen-bond acceptors (Lipinski definition) is 2. The number of fused-ring (bicyclic) bond motifs is 1. The highest BCUT2D eigenvalue weighted by Gasteiger charge is 2.31. The molecule has 0 bridgehead atoms. The summed E-state index contributed by atoms with van der Waals surface area (Å²) in [6, 6.07) is 14.9. The Morgan fingerprint density at radius 1 is 0.958 bits per heavy atom. The van der Waals surface area contributed by atoms with Gasteiger partial charge < -0.3 is 0 Å². The minimum atomic E-state index is -3.68. The van der Waals surface area contributed by atoms with Crippen LogP contribution in [0.5, 0.6) is 0 Å². The van der Waals surface area contributed by atoms with Crippen LogP contribution in [-0.4, -0.2) is 16.5 Å². The van der Waals surface area contributed by atoms with Gasteiger partial charge in [0.25, 0.3) is 10.0 Å². The molecular weight excluding hydrogens is 354 g/mol. The molecule has 0 saturated carbocycles. The van der Waals surface area contributed by atoms with Crippen LogP contribution in [0.15, 0.2) is 66.6 Å². The molecule has 0 aromatic heterocycles. The Bertz CT molecular complexity index is 953. The third-order valence-corrected chi connectivity index (χ3v) is 11.5. The van der Waals surface area contributed by atoms with E-state index in [2.05, 4.69) is 29.5 Å². The fourth-order valence-electron chi connectivity index (χ4n) is 2.53. The van der Waals surface area contributed by atoms with Crippen LogP contribution in [0.4, 0.5) is 0 Å². The molecule has 1 atom stereocenters. The molecule has 24 heavy (non-hydrogen) atoms. The van der Waals surface area contributed by atoms with Crippen LogP contribution in [0.1, 0.15) is 11.1 Å². The van der Waals surface area contributed by atoms with E-state index in [9.17, 15) is 8.42 Å². The molecule has 0 N–H and O–H groups in total. The van der Waals surface area contributed by atoms with E-state index in [1.54, 1.807) is 12.1 Å². The lowest BCUT2D eigenvalue weighted by Gasteiger charge is -2.19. The van der Waals surface area contributed by atoms with Crippen LogP contribution in [-0.2, 0) is 20.7 Å². The molecule has 1 heterocycles. The van der Waals surface area contributed by atoms with Crippen molar-refractivity contribution < 1.29 is 8.42 Å². The second-order valence-corrected chi connectivity index (χ2v) is 15.8. The Morgan fingerprint density at radius 2 is 1.58 bits per heavy atom. The molecule has 0 fully saturated rings. The zero-order valence-corrected chi connectivity index (χ0v) is 16.9. The largest absolute Gasteiger partial charge is 0.288 e. The summed E-state index contributed by atoms with van der Waals surface area (Å²) in [6.45, 7) is 8.64. The number of benzene rings is 2. The fourth-order valence-corrected chi connectivity index (χ4v) is 9.39. The number of nitrogens with zero attached hydrogens (tertiary/aromatic N) is 1. The molecule has 6 heteroatoms. The average Bonchev–Trinajstić information content (AvgIpc) is 2.86. The molecule has 0 spiro atoms. The molecule has 1 aliphatic heterocycles. The van der Waals surface area contributed by atoms with Crippen molar-refractivity contribution in [1.29, 1.82) is 0 Å². The molecule has 2 aromatic carbocycles. The summed E-state index contributed by atoms with van der Waals surface area (Å²) < 4.78 is 31.2. The van der Waals surface area contributed by atoms with Crippen molar-refractivity contribution in [3.8, 4) is 0 Å². The summed E-state index contributed by atoms with van der Waals surface area (Å²) in [4.78, 5) is 1.28. The number of rotatable bonds is 3. The number of sulfonamides is 1. The van der Waals surface area contributed by atoms with Gasteiger partial charge in [-0.25, -0.2) is 0 Å². The van der Waals surface area contributed by atoms with Gasteiger partial charge in [-0.05, 0) is 52.0 Å². The lowest BCUT2D eigenvalue weighted by Crippen LogP contribution is -2.25. The monoisotopic (exact) mass is 375 g/mol. The van der Waals surface area contributed by atoms with E-state index in [0.717, 1.165) is 16.0 Å². The van der Waals surface area contributed by atoms with Crippen molar-refractivity contribution in [2.45, 2.75) is 36.4 Å². The molecule has 0 radical (unpaired) electrons. The van der Waals surface area contributed by atoms with Gasteiger partial charge in [0.1, 0.15) is 0 Å². The zero-order chi connectivity index (χ0) is 17.5. The maximum atomic E-state index is 12.8. The smallest absolute Gasteiger partial charge is 0.199 e. The zero-order valence-electron chi connectivity index (χ0n) is 14.3. The summed E-state index contributed by atoms with van der Waals surface area (Å²) in [6.07, 6.45) is 2.15. The summed E-state index contributed by atoms with van der Waals surface area (Å²) >= 11 is 0. The molecule has 1 aliphatic rings. The highest BCUT2D eigenvalue weighted by molar-refractivity contribution is 8.03. The van der Waals surface area contributed by atoms with Crippen LogP contribution in [0.3, 0.4) is 0 Å². The standard InChI is InChI=1S/C18H21NO2S2Si/c1-14-9-11-16(12-10-14)23(20,21)19-22-17-8-6-5-7-15(17)13-18(22)24(2,3)4/h5-13H,1-4H3. The predicted molar refractivity (Wildman–Crippen MR) is 104 cm³/mol. The summed E-state index contributed by atoms with van der Waals surface area (Å²) in [5.74, 6) is 0. The van der Waals surface area contributed by atoms with Crippen molar-refractivity contribution >= 4 is 34.9 Å². The minimum Gasteiger partial charge on any atom is -0.199 e. The van der Waals surface area contributed by atoms with Gasteiger partial charge in [0, 0.05) is 4.90 Å². The third-order valence-electron chi connectivity index (χ3n) is 3.85. The molecule has 0 aliphatic carbocycles.